The molecule has 11 heteroatoms. The molecular weight excluding hydrogens is 503 g/mol. The second kappa shape index (κ2) is 12.5. The number of rotatable bonds is 5. The minimum absolute atomic E-state index is 0.00784. The number of carbonyl (C=O) groups is 1. The molecule has 1 aromatic rings. The van der Waals surface area contributed by atoms with Crippen LogP contribution in [0.25, 0.3) is 0 Å². The summed E-state index contributed by atoms with van der Waals surface area (Å²) < 4.78 is 93.1. The molecule has 2 N–H and O–H groups in total. The van der Waals surface area contributed by atoms with Crippen molar-refractivity contribution < 1.29 is 35.5 Å². The lowest BCUT2D eigenvalue weighted by Gasteiger charge is -2.14. The van der Waals surface area contributed by atoms with Crippen LogP contribution in [0.2, 0.25) is 0 Å². The third-order valence-electron chi connectivity index (χ3n) is 5.05. The molecule has 4 nitrogen and oxygen atoms in total. The molecule has 37 heavy (non-hydrogen) atoms. The SMILES string of the molecule is CN=C(N=C/C(C)=C\C=C(C(N)=O)/C1=C/C=C\CCC/C(F)=C\1)c1cc(C(F)(F)F)cc(C(F)(F)F)c1. The Labute approximate surface area is 209 Å². The highest BCUT2D eigenvalue weighted by Crippen LogP contribution is 2.36. The van der Waals surface area contributed by atoms with Gasteiger partial charge in [-0.1, -0.05) is 24.3 Å². The molecule has 0 heterocycles. The summed E-state index contributed by atoms with van der Waals surface area (Å²) in [6.07, 6.45) is 1.53. The van der Waals surface area contributed by atoms with Crippen molar-refractivity contribution in [2.75, 3.05) is 7.05 Å². The van der Waals surface area contributed by atoms with Crippen LogP contribution in [0.4, 0.5) is 30.7 Å². The van der Waals surface area contributed by atoms with E-state index in [0.29, 0.717) is 30.5 Å². The first kappa shape index (κ1) is 29.5. The van der Waals surface area contributed by atoms with Gasteiger partial charge in [-0.3, -0.25) is 9.79 Å². The van der Waals surface area contributed by atoms with Crippen LogP contribution in [0, 0.1) is 0 Å². The number of nitrogens with two attached hydrogens (primary N) is 1. The number of halogens is 7. The smallest absolute Gasteiger partial charge is 0.366 e. The second-order valence-corrected chi connectivity index (χ2v) is 7.99. The number of nitrogens with zero attached hydrogens (tertiary/aromatic N) is 2. The molecule has 0 bridgehead atoms. The molecule has 0 aromatic heterocycles. The van der Waals surface area contributed by atoms with E-state index in [1.165, 1.54) is 38.3 Å². The number of alkyl halides is 6. The van der Waals surface area contributed by atoms with Crippen molar-refractivity contribution in [2.24, 2.45) is 15.7 Å². The Morgan fingerprint density at radius 1 is 1.03 bits per heavy atom. The fourth-order valence-electron chi connectivity index (χ4n) is 3.20. The van der Waals surface area contributed by atoms with Gasteiger partial charge in [0.15, 0.2) is 5.84 Å². The number of amidine groups is 1. The highest BCUT2D eigenvalue weighted by atomic mass is 19.4. The average Bonchev–Trinajstić information content (AvgIpc) is 2.90. The summed E-state index contributed by atoms with van der Waals surface area (Å²) in [6, 6.07) is 1.06. The standard InChI is InChI=1S/C26H24F7N3O/c1-16(9-10-22(23(34)37)17-7-5-3-4-6-8-21(27)13-17)15-36-24(35-2)18-11-19(25(28,29)30)14-20(12-18)26(31,32)33/h3,5,7,9-15H,4,6,8H2,1-2H3,(H2,34,37)/b5-3-,16-9-,17-7+,21-13+,22-10+,35-24?,36-15?. The lowest BCUT2D eigenvalue weighted by Crippen LogP contribution is -2.15. The number of primary amides is 1. The van der Waals surface area contributed by atoms with Gasteiger partial charge < -0.3 is 5.73 Å². The molecule has 1 aromatic carbocycles. The van der Waals surface area contributed by atoms with E-state index in [4.69, 9.17) is 5.73 Å². The van der Waals surface area contributed by atoms with Crippen LogP contribution >= 0.6 is 0 Å². The van der Waals surface area contributed by atoms with Crippen LogP contribution in [0.3, 0.4) is 0 Å². The fourth-order valence-corrected chi connectivity index (χ4v) is 3.20. The van der Waals surface area contributed by atoms with Crippen LogP contribution in [-0.4, -0.2) is 25.0 Å². The summed E-state index contributed by atoms with van der Waals surface area (Å²) in [5.74, 6) is -1.63. The normalized spacial score (nSPS) is 20.4. The summed E-state index contributed by atoms with van der Waals surface area (Å²) in [5.41, 5.74) is 2.57. The van der Waals surface area contributed by atoms with Gasteiger partial charge in [-0.05, 0) is 67.7 Å². The Bertz CT molecular complexity index is 1200. The number of benzene rings is 1. The Balaban J connectivity index is 2.43. The second-order valence-electron chi connectivity index (χ2n) is 7.99. The number of allylic oxidation sites excluding steroid dienone is 8. The summed E-state index contributed by atoms with van der Waals surface area (Å²) in [4.78, 5) is 19.6. The predicted molar refractivity (Wildman–Crippen MR) is 129 cm³/mol. The molecule has 0 unspecified atom stereocenters. The first-order chi connectivity index (χ1) is 17.2. The summed E-state index contributed by atoms with van der Waals surface area (Å²) >= 11 is 0. The van der Waals surface area contributed by atoms with Crippen molar-refractivity contribution in [3.63, 3.8) is 0 Å². The minimum atomic E-state index is -5.02. The van der Waals surface area contributed by atoms with E-state index in [2.05, 4.69) is 9.98 Å². The number of hydrogen-bond donors (Lipinski definition) is 1. The molecule has 1 aliphatic carbocycles. The largest absolute Gasteiger partial charge is 0.416 e. The van der Waals surface area contributed by atoms with E-state index in [1.807, 2.05) is 6.08 Å². The van der Waals surface area contributed by atoms with Crippen molar-refractivity contribution in [1.29, 1.82) is 0 Å². The van der Waals surface area contributed by atoms with Crippen molar-refractivity contribution >= 4 is 18.0 Å². The van der Waals surface area contributed by atoms with E-state index in [0.717, 1.165) is 6.21 Å². The Kier molecular flexibility index (Phi) is 9.93. The van der Waals surface area contributed by atoms with E-state index < -0.39 is 40.8 Å². The van der Waals surface area contributed by atoms with Gasteiger partial charge in [-0.15, -0.1) is 0 Å². The van der Waals surface area contributed by atoms with Gasteiger partial charge in [-0.2, -0.15) is 26.3 Å². The summed E-state index contributed by atoms with van der Waals surface area (Å²) in [5, 5.41) is 0. The van der Waals surface area contributed by atoms with E-state index in [-0.39, 0.29) is 29.5 Å². The number of carbonyl (C=O) groups excluding carboxylic acids is 1. The third kappa shape index (κ3) is 9.00. The van der Waals surface area contributed by atoms with Crippen LogP contribution in [-0.2, 0) is 17.1 Å². The van der Waals surface area contributed by atoms with Gasteiger partial charge in [0.2, 0.25) is 5.91 Å². The molecule has 1 aliphatic rings. The minimum Gasteiger partial charge on any atom is -0.366 e. The quantitative estimate of drug-likeness (QED) is 0.144. The maximum atomic E-state index is 14.1. The van der Waals surface area contributed by atoms with E-state index in [9.17, 15) is 35.5 Å². The van der Waals surface area contributed by atoms with Gasteiger partial charge >= 0.3 is 12.4 Å². The molecule has 0 atom stereocenters. The van der Waals surface area contributed by atoms with E-state index in [1.54, 1.807) is 6.08 Å². The zero-order chi connectivity index (χ0) is 27.8. The third-order valence-corrected chi connectivity index (χ3v) is 5.05. The molecular formula is C26H24F7N3O. The van der Waals surface area contributed by atoms with Gasteiger partial charge in [0, 0.05) is 24.4 Å². The van der Waals surface area contributed by atoms with E-state index >= 15 is 0 Å². The molecule has 1 amide bonds. The molecule has 0 saturated heterocycles. The van der Waals surface area contributed by atoms with Gasteiger partial charge in [0.1, 0.15) is 5.83 Å². The topological polar surface area (TPSA) is 67.8 Å². The molecule has 0 radical (unpaired) electrons. The molecule has 0 saturated carbocycles. The predicted octanol–water partition coefficient (Wildman–Crippen LogP) is 7.05. The summed E-state index contributed by atoms with van der Waals surface area (Å²) in [7, 11) is 1.17. The monoisotopic (exact) mass is 527 g/mol. The van der Waals surface area contributed by atoms with Crippen LogP contribution in [0.5, 0.6) is 0 Å². The van der Waals surface area contributed by atoms with Crippen molar-refractivity contribution in [1.82, 2.24) is 0 Å². The van der Waals surface area contributed by atoms with Gasteiger partial charge in [-0.25, -0.2) is 9.38 Å². The van der Waals surface area contributed by atoms with Crippen molar-refractivity contribution in [3.05, 3.63) is 93.9 Å². The van der Waals surface area contributed by atoms with Gasteiger partial charge in [0.25, 0.3) is 0 Å². The fraction of sp³-hybridized carbons (Fsp3) is 0.269. The Morgan fingerprint density at radius 3 is 2.19 bits per heavy atom. The first-order valence-corrected chi connectivity index (χ1v) is 10.9. The lowest BCUT2D eigenvalue weighted by molar-refractivity contribution is -0.143. The maximum Gasteiger partial charge on any atom is 0.416 e. The van der Waals surface area contributed by atoms with Crippen LogP contribution in [0.1, 0.15) is 42.9 Å². The first-order valence-electron chi connectivity index (χ1n) is 10.9. The van der Waals surface area contributed by atoms with Crippen molar-refractivity contribution in [3.8, 4) is 0 Å². The molecule has 2 rings (SSSR count). The maximum absolute atomic E-state index is 14.1. The lowest BCUT2D eigenvalue weighted by atomic mass is 10.0. The summed E-state index contributed by atoms with van der Waals surface area (Å²) in [6.45, 7) is 1.52. The molecule has 0 spiro atoms. The van der Waals surface area contributed by atoms with Crippen LogP contribution < -0.4 is 5.73 Å². The highest BCUT2D eigenvalue weighted by molar-refractivity contribution is 6.05. The number of amides is 1. The van der Waals surface area contributed by atoms with Crippen molar-refractivity contribution in [2.45, 2.75) is 38.5 Å². The zero-order valence-electron chi connectivity index (χ0n) is 19.9. The zero-order valence-corrected chi connectivity index (χ0v) is 19.9. The Hall–Kier alpha value is -3.76. The highest BCUT2D eigenvalue weighted by Gasteiger charge is 2.37. The molecule has 0 aliphatic heterocycles. The number of aliphatic imine (C=N–C) groups is 2. The Morgan fingerprint density at radius 2 is 1.65 bits per heavy atom. The average molecular weight is 527 g/mol. The van der Waals surface area contributed by atoms with Gasteiger partial charge in [0.05, 0.1) is 11.1 Å². The molecule has 0 fully saturated rings. The number of hydrogen-bond acceptors (Lipinski definition) is 2. The van der Waals surface area contributed by atoms with Crippen LogP contribution in [0.15, 0.2) is 87.2 Å². The molecule has 198 valence electrons.